The molecule has 0 unspecified atom stereocenters. The molecule has 4 aromatic carbocycles. The number of halogens is 2. The fourth-order valence-corrected chi connectivity index (χ4v) is 13.6. The predicted octanol–water partition coefficient (Wildman–Crippen LogP) is 1.65. The largest absolute Gasteiger partial charge is 1.00 e. The smallest absolute Gasteiger partial charge is 1.00 e. The molecule has 0 saturated carbocycles. The van der Waals surface area contributed by atoms with Gasteiger partial charge < -0.3 is 24.8 Å². The number of hydrogen-bond donors (Lipinski definition) is 0. The number of benzene rings is 4. The summed E-state index contributed by atoms with van der Waals surface area (Å²) in [5, 5.41) is 0. The van der Waals surface area contributed by atoms with Crippen LogP contribution in [0.5, 0.6) is 0 Å². The zero-order chi connectivity index (χ0) is 23.8. The van der Waals surface area contributed by atoms with Crippen LogP contribution in [0.4, 0.5) is 0 Å². The standard InChI is InChI=1S/C13H9.C13H10.C8H11.2ClH.Zr/c1-3-7-12-10(5-1)9-11-6-2-4-8-13(11)12;1-3-7-12(8-4-1)11-13-9-5-2-6-10-13;1-7(2)8-5-3-4-6-8;;;/h1-5,7-8H,9H2;1-10H;5-7H,3H2,1-2H3;2*1H;/q;;;;;+2/p-2. The first kappa shape index (κ1) is 27.7. The number of hydrogen-bond acceptors (Lipinski definition) is 0. The SMILES string of the molecule is CC(C)C1=CC[C]([Zr+2](=[C](c2ccccc2)c2ccccc2)[c]2cccc3c2Cc2ccccc2-3)=C1.[Cl-].[Cl-]. The molecule has 2 aliphatic rings. The fourth-order valence-electron chi connectivity index (χ4n) is 5.65. The van der Waals surface area contributed by atoms with Crippen LogP contribution < -0.4 is 28.1 Å². The molecule has 0 saturated heterocycles. The summed E-state index contributed by atoms with van der Waals surface area (Å²) in [5.41, 5.74) is 10.2. The molecule has 0 radical (unpaired) electrons. The van der Waals surface area contributed by atoms with Gasteiger partial charge in [0.05, 0.1) is 0 Å². The van der Waals surface area contributed by atoms with Crippen molar-refractivity contribution >= 4 is 6.48 Å². The second kappa shape index (κ2) is 12.0. The molecule has 3 heteroatoms. The first-order valence-electron chi connectivity index (χ1n) is 12.7. The third-order valence-electron chi connectivity index (χ3n) is 7.38. The Kier molecular flexibility index (Phi) is 9.02. The summed E-state index contributed by atoms with van der Waals surface area (Å²) in [6.07, 6.45) is 7.22. The third-order valence-corrected chi connectivity index (χ3v) is 14.9. The van der Waals surface area contributed by atoms with Gasteiger partial charge in [-0.2, -0.15) is 0 Å². The average Bonchev–Trinajstić information content (AvgIpc) is 3.54. The zero-order valence-electron chi connectivity index (χ0n) is 21.2. The van der Waals surface area contributed by atoms with Crippen LogP contribution in [0.2, 0.25) is 0 Å². The topological polar surface area (TPSA) is 0 Å². The van der Waals surface area contributed by atoms with Gasteiger partial charge in [-0.1, -0.05) is 0 Å². The molecule has 2 aliphatic carbocycles. The summed E-state index contributed by atoms with van der Waals surface area (Å²) in [7, 11) is 0. The minimum Gasteiger partial charge on any atom is -1.00 e. The minimum atomic E-state index is -2.55. The van der Waals surface area contributed by atoms with Crippen molar-refractivity contribution in [2.45, 2.75) is 26.7 Å². The normalized spacial score (nSPS) is 12.8. The molecule has 4 aromatic rings. The van der Waals surface area contributed by atoms with Gasteiger partial charge in [0.1, 0.15) is 0 Å². The van der Waals surface area contributed by atoms with Crippen LogP contribution in [0.15, 0.2) is 124 Å². The molecule has 184 valence electrons. The summed E-state index contributed by atoms with van der Waals surface area (Å²) < 4.78 is 4.94. The molecule has 0 nitrogen and oxygen atoms in total. The van der Waals surface area contributed by atoms with E-state index < -0.39 is 21.3 Å². The number of rotatable bonds is 5. The summed E-state index contributed by atoms with van der Waals surface area (Å²) in [5.74, 6) is 0.569. The van der Waals surface area contributed by atoms with Gasteiger partial charge in [-0.05, 0) is 0 Å². The van der Waals surface area contributed by atoms with E-state index in [9.17, 15) is 0 Å². The maximum Gasteiger partial charge on any atom is -1.00 e. The van der Waals surface area contributed by atoms with Crippen LogP contribution in [0.3, 0.4) is 0 Å². The first-order valence-corrected chi connectivity index (χ1v) is 16.4. The van der Waals surface area contributed by atoms with Crippen molar-refractivity contribution in [3.8, 4) is 11.1 Å². The Balaban J connectivity index is 0.00000160. The molecule has 0 bridgehead atoms. The van der Waals surface area contributed by atoms with Gasteiger partial charge in [0.25, 0.3) is 0 Å². The third kappa shape index (κ3) is 5.33. The van der Waals surface area contributed by atoms with Crippen LogP contribution in [0, 0.1) is 5.92 Å². The Morgan fingerprint density at radius 2 is 1.27 bits per heavy atom. The molecule has 0 heterocycles. The second-order valence-electron chi connectivity index (χ2n) is 9.88. The zero-order valence-corrected chi connectivity index (χ0v) is 25.2. The molecule has 6 rings (SSSR count). The van der Waals surface area contributed by atoms with Gasteiger partial charge in [0, 0.05) is 0 Å². The summed E-state index contributed by atoms with van der Waals surface area (Å²) in [6.45, 7) is 4.65. The van der Waals surface area contributed by atoms with E-state index in [0.717, 1.165) is 12.8 Å². The van der Waals surface area contributed by atoms with Crippen LogP contribution in [-0.2, 0) is 27.7 Å². The monoisotopic (exact) mass is 598 g/mol. The number of fused-ring (bicyclic) bond motifs is 3. The fraction of sp³-hybridized carbons (Fsp3) is 0.147. The Hall–Kier alpha value is -2.31. The molecule has 0 amide bonds. The maximum atomic E-state index is 2.58. The van der Waals surface area contributed by atoms with Gasteiger partial charge in [-0.3, -0.25) is 0 Å². The molecule has 0 N–H and O–H groups in total. The van der Waals surface area contributed by atoms with E-state index in [1.165, 1.54) is 33.4 Å². The Morgan fingerprint density at radius 3 is 1.89 bits per heavy atom. The Bertz CT molecular complexity index is 1450. The van der Waals surface area contributed by atoms with Crippen molar-refractivity contribution in [2.75, 3.05) is 0 Å². The summed E-state index contributed by atoms with van der Waals surface area (Å²) in [6, 6.07) is 38.5. The van der Waals surface area contributed by atoms with Crippen molar-refractivity contribution in [1.82, 2.24) is 0 Å². The minimum absolute atomic E-state index is 0. The molecule has 0 atom stereocenters. The molecular weight excluding hydrogens is 571 g/mol. The van der Waals surface area contributed by atoms with E-state index in [1.807, 2.05) is 0 Å². The quantitative estimate of drug-likeness (QED) is 0.288. The molecular formula is C34H30Cl2Zr. The Labute approximate surface area is 241 Å². The van der Waals surface area contributed by atoms with E-state index in [-0.39, 0.29) is 24.8 Å². The Morgan fingerprint density at radius 1 is 0.676 bits per heavy atom. The molecule has 0 aliphatic heterocycles. The van der Waals surface area contributed by atoms with E-state index in [1.54, 1.807) is 15.3 Å². The molecule has 0 spiro atoms. The van der Waals surface area contributed by atoms with Gasteiger partial charge in [-0.25, -0.2) is 0 Å². The summed E-state index contributed by atoms with van der Waals surface area (Å²) >= 11 is -2.55. The molecule has 0 fully saturated rings. The van der Waals surface area contributed by atoms with Gasteiger partial charge in [0.2, 0.25) is 0 Å². The summed E-state index contributed by atoms with van der Waals surface area (Å²) in [4.78, 5) is 0. The van der Waals surface area contributed by atoms with Crippen LogP contribution >= 0.6 is 0 Å². The van der Waals surface area contributed by atoms with Crippen LogP contribution in [0.1, 0.15) is 42.5 Å². The average molecular weight is 601 g/mol. The van der Waals surface area contributed by atoms with Crippen molar-refractivity contribution in [2.24, 2.45) is 5.92 Å². The second-order valence-corrected chi connectivity index (χ2v) is 15.9. The predicted molar refractivity (Wildman–Crippen MR) is 146 cm³/mol. The van der Waals surface area contributed by atoms with E-state index >= 15 is 0 Å². The molecule has 0 aromatic heterocycles. The van der Waals surface area contributed by atoms with E-state index in [2.05, 4.69) is 129 Å². The van der Waals surface area contributed by atoms with Gasteiger partial charge in [0.15, 0.2) is 0 Å². The van der Waals surface area contributed by atoms with E-state index in [0.29, 0.717) is 5.92 Å². The molecule has 37 heavy (non-hydrogen) atoms. The first-order chi connectivity index (χ1) is 17.2. The maximum absolute atomic E-state index is 2.58. The van der Waals surface area contributed by atoms with E-state index in [4.69, 9.17) is 0 Å². The van der Waals surface area contributed by atoms with Gasteiger partial charge in [-0.15, -0.1) is 0 Å². The van der Waals surface area contributed by atoms with Crippen LogP contribution in [-0.4, -0.2) is 3.21 Å². The van der Waals surface area contributed by atoms with Crippen molar-refractivity contribution in [3.63, 3.8) is 0 Å². The van der Waals surface area contributed by atoms with Crippen molar-refractivity contribution in [3.05, 3.63) is 146 Å². The van der Waals surface area contributed by atoms with Crippen molar-refractivity contribution < 1.29 is 46.1 Å². The van der Waals surface area contributed by atoms with Gasteiger partial charge >= 0.3 is 218 Å². The number of allylic oxidation sites excluding steroid dienone is 4. The van der Waals surface area contributed by atoms with Crippen LogP contribution in [0.25, 0.3) is 11.1 Å². The van der Waals surface area contributed by atoms with Crippen molar-refractivity contribution in [1.29, 1.82) is 0 Å².